The molecule has 0 bridgehead atoms. The minimum absolute atomic E-state index is 0.349. The Labute approximate surface area is 133 Å². The molecule has 1 atom stereocenters. The van der Waals surface area contributed by atoms with Gasteiger partial charge in [0.05, 0.1) is 26.5 Å². The number of methoxy groups -OCH3 is 2. The van der Waals surface area contributed by atoms with E-state index in [1.54, 1.807) is 20.4 Å². The molecule has 2 N–H and O–H groups in total. The molecular weight excluding hydrogens is 334 g/mol. The molecule has 1 aromatic carbocycles. The van der Waals surface area contributed by atoms with Crippen molar-refractivity contribution in [3.63, 3.8) is 0 Å². The first-order chi connectivity index (χ1) is 10.1. The second-order valence-electron chi connectivity index (χ2n) is 4.69. The van der Waals surface area contributed by atoms with Gasteiger partial charge in [0.1, 0.15) is 11.4 Å². The van der Waals surface area contributed by atoms with E-state index in [1.165, 1.54) is 0 Å². The second kappa shape index (κ2) is 6.95. The normalized spacial score (nSPS) is 12.2. The number of halogens is 1. The Morgan fingerprint density at radius 3 is 2.71 bits per heavy atom. The predicted molar refractivity (Wildman–Crippen MR) is 85.8 cm³/mol. The van der Waals surface area contributed by atoms with Gasteiger partial charge < -0.3 is 15.2 Å². The van der Waals surface area contributed by atoms with Crippen molar-refractivity contribution in [2.45, 2.75) is 25.9 Å². The summed E-state index contributed by atoms with van der Waals surface area (Å²) in [7, 11) is 3.27. The van der Waals surface area contributed by atoms with Crippen LogP contribution >= 0.6 is 15.9 Å². The van der Waals surface area contributed by atoms with E-state index < -0.39 is 0 Å². The quantitative estimate of drug-likeness (QED) is 0.866. The van der Waals surface area contributed by atoms with Gasteiger partial charge in [0, 0.05) is 11.0 Å². The summed E-state index contributed by atoms with van der Waals surface area (Å²) in [6.07, 6.45) is 2.68. The van der Waals surface area contributed by atoms with E-state index in [2.05, 4.69) is 28.0 Å². The molecular formula is C15H20BrN3O2. The molecule has 1 aromatic heterocycles. The zero-order chi connectivity index (χ0) is 15.4. The van der Waals surface area contributed by atoms with E-state index in [-0.39, 0.29) is 6.04 Å². The fourth-order valence-corrected chi connectivity index (χ4v) is 2.77. The van der Waals surface area contributed by atoms with Crippen LogP contribution in [0.25, 0.3) is 0 Å². The summed E-state index contributed by atoms with van der Waals surface area (Å²) < 4.78 is 13.5. The number of hydrogen-bond donors (Lipinski definition) is 1. The fraction of sp³-hybridized carbons (Fsp3) is 0.400. The summed E-state index contributed by atoms with van der Waals surface area (Å²) in [5, 5.41) is 4.36. The number of rotatable bonds is 6. The molecule has 21 heavy (non-hydrogen) atoms. The zero-order valence-electron chi connectivity index (χ0n) is 12.5. The largest absolute Gasteiger partial charge is 0.497 e. The summed E-state index contributed by atoms with van der Waals surface area (Å²) in [4.78, 5) is 0. The van der Waals surface area contributed by atoms with Crippen LogP contribution in [-0.4, -0.2) is 24.0 Å². The van der Waals surface area contributed by atoms with Crippen molar-refractivity contribution >= 4 is 15.9 Å². The third-order valence-corrected chi connectivity index (χ3v) is 4.06. The first kappa shape index (κ1) is 15.9. The van der Waals surface area contributed by atoms with Crippen LogP contribution in [0.1, 0.15) is 30.6 Å². The monoisotopic (exact) mass is 353 g/mol. The highest BCUT2D eigenvalue weighted by Gasteiger charge is 2.22. The maximum atomic E-state index is 6.47. The fourth-order valence-electron chi connectivity index (χ4n) is 2.27. The van der Waals surface area contributed by atoms with E-state index in [4.69, 9.17) is 15.2 Å². The Hall–Kier alpha value is -1.53. The Morgan fingerprint density at radius 2 is 2.10 bits per heavy atom. The van der Waals surface area contributed by atoms with Gasteiger partial charge in [-0.2, -0.15) is 5.10 Å². The molecule has 2 rings (SSSR count). The number of benzene rings is 1. The first-order valence-electron chi connectivity index (χ1n) is 6.81. The summed E-state index contributed by atoms with van der Waals surface area (Å²) in [6, 6.07) is 5.40. The van der Waals surface area contributed by atoms with Gasteiger partial charge in [-0.1, -0.05) is 22.9 Å². The predicted octanol–water partition coefficient (Wildman–Crippen LogP) is 3.12. The maximum absolute atomic E-state index is 6.47. The molecule has 1 unspecified atom stereocenters. The molecule has 0 saturated carbocycles. The van der Waals surface area contributed by atoms with Crippen LogP contribution in [0.15, 0.2) is 28.9 Å². The number of nitrogens with two attached hydrogens (primary N) is 1. The lowest BCUT2D eigenvalue weighted by atomic mass is 10.0. The van der Waals surface area contributed by atoms with Gasteiger partial charge in [0.2, 0.25) is 0 Å². The highest BCUT2D eigenvalue weighted by atomic mass is 79.9. The molecule has 0 amide bonds. The van der Waals surface area contributed by atoms with Crippen LogP contribution in [0, 0.1) is 0 Å². The SMILES string of the molecule is CCCn1ncc(OC)c1C(N)c1cc(OC)ccc1Br. The molecule has 0 saturated heterocycles. The van der Waals surface area contributed by atoms with E-state index in [0.29, 0.717) is 5.75 Å². The molecule has 2 aromatic rings. The third kappa shape index (κ3) is 3.22. The zero-order valence-corrected chi connectivity index (χ0v) is 14.1. The minimum atomic E-state index is -0.349. The molecule has 1 heterocycles. The molecule has 114 valence electrons. The molecule has 0 radical (unpaired) electrons. The topological polar surface area (TPSA) is 62.3 Å². The molecule has 0 aliphatic heterocycles. The Morgan fingerprint density at radius 1 is 1.33 bits per heavy atom. The van der Waals surface area contributed by atoms with Gasteiger partial charge in [0.15, 0.2) is 5.75 Å². The molecule has 6 heteroatoms. The lowest BCUT2D eigenvalue weighted by Crippen LogP contribution is -2.19. The van der Waals surface area contributed by atoms with E-state index in [0.717, 1.165) is 34.4 Å². The van der Waals surface area contributed by atoms with Gasteiger partial charge in [-0.05, 0) is 30.2 Å². The second-order valence-corrected chi connectivity index (χ2v) is 5.54. The van der Waals surface area contributed by atoms with Crippen LogP contribution in [0.2, 0.25) is 0 Å². The van der Waals surface area contributed by atoms with Gasteiger partial charge in [-0.25, -0.2) is 0 Å². The van der Waals surface area contributed by atoms with Crippen molar-refractivity contribution in [1.29, 1.82) is 0 Å². The smallest absolute Gasteiger partial charge is 0.161 e. The van der Waals surface area contributed by atoms with Crippen molar-refractivity contribution in [3.8, 4) is 11.5 Å². The highest BCUT2D eigenvalue weighted by Crippen LogP contribution is 2.34. The summed E-state index contributed by atoms with van der Waals surface area (Å²) in [5.74, 6) is 1.47. The summed E-state index contributed by atoms with van der Waals surface area (Å²) in [6.45, 7) is 2.90. The minimum Gasteiger partial charge on any atom is -0.497 e. The number of ether oxygens (including phenoxy) is 2. The van der Waals surface area contributed by atoms with E-state index >= 15 is 0 Å². The average Bonchev–Trinajstić information content (AvgIpc) is 2.90. The summed E-state index contributed by atoms with van der Waals surface area (Å²) in [5.41, 5.74) is 8.27. The average molecular weight is 354 g/mol. The Kier molecular flexibility index (Phi) is 5.25. The summed E-state index contributed by atoms with van der Waals surface area (Å²) >= 11 is 3.55. The molecule has 0 aliphatic carbocycles. The van der Waals surface area contributed by atoms with Crippen molar-refractivity contribution < 1.29 is 9.47 Å². The van der Waals surface area contributed by atoms with Crippen molar-refractivity contribution in [1.82, 2.24) is 9.78 Å². The molecule has 0 fully saturated rings. The lowest BCUT2D eigenvalue weighted by Gasteiger charge is -2.18. The highest BCUT2D eigenvalue weighted by molar-refractivity contribution is 9.10. The number of nitrogens with zero attached hydrogens (tertiary/aromatic N) is 2. The molecule has 0 spiro atoms. The Bertz CT molecular complexity index is 613. The third-order valence-electron chi connectivity index (χ3n) is 3.33. The lowest BCUT2D eigenvalue weighted by molar-refractivity contribution is 0.403. The van der Waals surface area contributed by atoms with Crippen LogP contribution < -0.4 is 15.2 Å². The van der Waals surface area contributed by atoms with Gasteiger partial charge >= 0.3 is 0 Å². The van der Waals surface area contributed by atoms with Crippen molar-refractivity contribution in [2.24, 2.45) is 5.73 Å². The van der Waals surface area contributed by atoms with E-state index in [1.807, 2.05) is 22.9 Å². The van der Waals surface area contributed by atoms with Gasteiger partial charge in [0.25, 0.3) is 0 Å². The molecule has 5 nitrogen and oxygen atoms in total. The molecule has 0 aliphatic rings. The van der Waals surface area contributed by atoms with E-state index in [9.17, 15) is 0 Å². The van der Waals surface area contributed by atoms with Crippen LogP contribution in [0.5, 0.6) is 11.5 Å². The number of aromatic nitrogens is 2. The van der Waals surface area contributed by atoms with Crippen molar-refractivity contribution in [3.05, 3.63) is 40.1 Å². The van der Waals surface area contributed by atoms with Crippen LogP contribution in [0.3, 0.4) is 0 Å². The standard InChI is InChI=1S/C15H20BrN3O2/c1-4-7-19-15(13(21-3)9-18-19)14(17)11-8-10(20-2)5-6-12(11)16/h5-6,8-9,14H,4,7,17H2,1-3H3. The van der Waals surface area contributed by atoms with Crippen molar-refractivity contribution in [2.75, 3.05) is 14.2 Å². The first-order valence-corrected chi connectivity index (χ1v) is 7.60. The maximum Gasteiger partial charge on any atom is 0.161 e. The number of aryl methyl sites for hydroxylation is 1. The number of hydrogen-bond acceptors (Lipinski definition) is 4. The van der Waals surface area contributed by atoms with Crippen LogP contribution in [0.4, 0.5) is 0 Å². The van der Waals surface area contributed by atoms with Gasteiger partial charge in [-0.3, -0.25) is 4.68 Å². The Balaban J connectivity index is 2.48. The van der Waals surface area contributed by atoms with Crippen LogP contribution in [-0.2, 0) is 6.54 Å². The van der Waals surface area contributed by atoms with Gasteiger partial charge in [-0.15, -0.1) is 0 Å².